The summed E-state index contributed by atoms with van der Waals surface area (Å²) in [6.07, 6.45) is 9.25. The lowest BCUT2D eigenvalue weighted by molar-refractivity contribution is -0.121. The number of nitrogens with one attached hydrogen (secondary N) is 2. The van der Waals surface area contributed by atoms with E-state index in [9.17, 15) is 14.0 Å². The molecule has 0 spiro atoms. The molecule has 5 aromatic rings. The van der Waals surface area contributed by atoms with E-state index in [1.54, 1.807) is 34.6 Å². The van der Waals surface area contributed by atoms with Gasteiger partial charge in [0.1, 0.15) is 18.2 Å². The molecule has 0 saturated carbocycles. The molecule has 4 N–H and O–H groups in total. The number of primary amides is 1. The van der Waals surface area contributed by atoms with E-state index in [-0.39, 0.29) is 35.6 Å². The topological polar surface area (TPSA) is 156 Å². The second-order valence-corrected chi connectivity index (χ2v) is 14.3. The van der Waals surface area contributed by atoms with Crippen LogP contribution in [0.15, 0.2) is 67.1 Å². The third-order valence-electron chi connectivity index (χ3n) is 9.33. The second-order valence-electron chi connectivity index (χ2n) is 12.9. The number of rotatable bonds is 11. The van der Waals surface area contributed by atoms with E-state index in [4.69, 9.17) is 21.5 Å². The quantitative estimate of drug-likeness (QED) is 0.130. The number of carbonyl (C=O) groups is 3. The molecule has 0 atom stereocenters. The number of anilines is 2. The first kappa shape index (κ1) is 38.5. The first-order valence-corrected chi connectivity index (χ1v) is 19.3. The summed E-state index contributed by atoms with van der Waals surface area (Å²) in [6, 6.07) is 14.0. The molecule has 16 heteroatoms. The highest BCUT2D eigenvalue weighted by molar-refractivity contribution is 7.98. The van der Waals surface area contributed by atoms with Crippen molar-refractivity contribution in [3.63, 3.8) is 0 Å². The smallest absolute Gasteiger partial charge is 0.257 e. The summed E-state index contributed by atoms with van der Waals surface area (Å²) in [5, 5.41) is 15.4. The van der Waals surface area contributed by atoms with Crippen LogP contribution in [0.4, 0.5) is 15.9 Å². The van der Waals surface area contributed by atoms with Crippen molar-refractivity contribution in [2.75, 3.05) is 54.9 Å². The Bertz CT molecular complexity index is 2110. The van der Waals surface area contributed by atoms with Crippen molar-refractivity contribution in [1.29, 1.82) is 0 Å². The average molecular weight is 773 g/mol. The molecule has 0 bridgehead atoms. The van der Waals surface area contributed by atoms with E-state index in [0.29, 0.717) is 23.6 Å². The number of amides is 3. The molecule has 0 unspecified atom stereocenters. The van der Waals surface area contributed by atoms with Gasteiger partial charge in [-0.25, -0.2) is 14.1 Å². The summed E-state index contributed by atoms with van der Waals surface area (Å²) in [5.41, 5.74) is 12.2. The number of carbonyl (C=O) groups excluding carboxylic acids is 3. The minimum atomic E-state index is -0.323. The number of hydrogen-bond donors (Lipinski definition) is 3. The number of aromatic nitrogens is 5. The zero-order valence-corrected chi connectivity index (χ0v) is 31.7. The molecule has 1 fully saturated rings. The minimum Gasteiger partial charge on any atom is -0.372 e. The summed E-state index contributed by atoms with van der Waals surface area (Å²) in [5.74, 6) is 0.908. The molecule has 7 rings (SSSR count). The van der Waals surface area contributed by atoms with Gasteiger partial charge in [0, 0.05) is 79.8 Å². The molecule has 54 heavy (non-hydrogen) atoms. The Labute approximate surface area is 322 Å². The molecule has 1 aliphatic carbocycles. The molecule has 1 aliphatic heterocycles. The number of piperazine rings is 1. The Morgan fingerprint density at radius 1 is 1.06 bits per heavy atom. The number of pyridine rings is 1. The third kappa shape index (κ3) is 9.09. The van der Waals surface area contributed by atoms with E-state index in [2.05, 4.69) is 36.2 Å². The van der Waals surface area contributed by atoms with Crippen molar-refractivity contribution in [2.24, 2.45) is 5.73 Å². The number of thioether (sulfide) groups is 1. The van der Waals surface area contributed by atoms with Crippen molar-refractivity contribution in [1.82, 2.24) is 34.8 Å². The number of nitrogens with zero attached hydrogens (tertiary/aromatic N) is 7. The predicted molar refractivity (Wildman–Crippen MR) is 210 cm³/mol. The lowest BCUT2D eigenvalue weighted by Gasteiger charge is -2.35. The van der Waals surface area contributed by atoms with E-state index < -0.39 is 0 Å². The summed E-state index contributed by atoms with van der Waals surface area (Å²) >= 11 is 8.23. The van der Waals surface area contributed by atoms with E-state index in [1.165, 1.54) is 18.3 Å². The van der Waals surface area contributed by atoms with Crippen LogP contribution in [0.2, 0.25) is 5.02 Å². The van der Waals surface area contributed by atoms with Crippen LogP contribution >= 0.6 is 23.4 Å². The molecule has 2 aromatic carbocycles. The number of nitrogens with two attached hydrogens (primary N) is 1. The maximum absolute atomic E-state index is 13.7. The lowest BCUT2D eigenvalue weighted by Crippen LogP contribution is -2.46. The first-order chi connectivity index (χ1) is 26.2. The summed E-state index contributed by atoms with van der Waals surface area (Å²) in [7, 11) is 0. The monoisotopic (exact) mass is 772 g/mol. The highest BCUT2D eigenvalue weighted by Crippen LogP contribution is 2.38. The van der Waals surface area contributed by atoms with Crippen LogP contribution in [0.1, 0.15) is 32.7 Å². The van der Waals surface area contributed by atoms with Crippen LogP contribution in [0.25, 0.3) is 16.9 Å². The SMILES string of the molecule is CSCCNC(=O)Cn1cc(CN2CCN(c3cc(C(=O)Nc4ccc5c(c4)-c4c(c(C)nn4-c4ccc(F)cc4)CC5)c(Cl)cn3)CC2)cn1.NC=O. The fourth-order valence-electron chi connectivity index (χ4n) is 6.69. The molecular weight excluding hydrogens is 731 g/mol. The Morgan fingerprint density at radius 2 is 1.81 bits per heavy atom. The van der Waals surface area contributed by atoms with Crippen molar-refractivity contribution >= 4 is 53.1 Å². The fourth-order valence-corrected chi connectivity index (χ4v) is 7.19. The highest BCUT2D eigenvalue weighted by Gasteiger charge is 2.26. The largest absolute Gasteiger partial charge is 0.372 e. The molecule has 3 amide bonds. The third-order valence-corrected chi connectivity index (χ3v) is 10.2. The van der Waals surface area contributed by atoms with E-state index >= 15 is 0 Å². The van der Waals surface area contributed by atoms with E-state index in [1.807, 2.05) is 48.5 Å². The number of halogens is 2. The van der Waals surface area contributed by atoms with Gasteiger partial charge in [0.05, 0.1) is 33.9 Å². The van der Waals surface area contributed by atoms with Gasteiger partial charge in [-0.15, -0.1) is 0 Å². The van der Waals surface area contributed by atoms with Crippen LogP contribution in [-0.2, 0) is 35.5 Å². The molecule has 2 aliphatic rings. The summed E-state index contributed by atoms with van der Waals surface area (Å²) < 4.78 is 17.2. The minimum absolute atomic E-state index is 0.0427. The molecule has 1 saturated heterocycles. The maximum Gasteiger partial charge on any atom is 0.257 e. The van der Waals surface area contributed by atoms with Crippen molar-refractivity contribution in [2.45, 2.75) is 32.9 Å². The van der Waals surface area contributed by atoms with Crippen LogP contribution in [-0.4, -0.2) is 92.4 Å². The van der Waals surface area contributed by atoms with Crippen LogP contribution in [0.5, 0.6) is 0 Å². The van der Waals surface area contributed by atoms with Gasteiger partial charge in [0.25, 0.3) is 5.91 Å². The maximum atomic E-state index is 13.7. The number of benzene rings is 2. The highest BCUT2D eigenvalue weighted by atomic mass is 35.5. The number of aryl methyl sites for hydroxylation is 2. The van der Waals surface area contributed by atoms with Gasteiger partial charge < -0.3 is 21.3 Å². The van der Waals surface area contributed by atoms with Crippen molar-refractivity contribution < 1.29 is 18.8 Å². The standard InChI is InChI=1S/C37H39ClFN9O2S.CH3NO/c1-24-30-10-4-26-3-7-28(17-31(26)36(30)48(44-24)29-8-5-27(39)6-9-29)43-37(50)32-18-34(41-20-33(32)38)46-14-12-45(13-15-46)21-25-19-42-47(22-25)23-35(49)40-11-16-51-2;2-1-3/h3,5-9,17-20,22H,4,10-16,21,23H2,1-2H3,(H,40,49)(H,43,50);1H,(H2,2,3). The zero-order valence-electron chi connectivity index (χ0n) is 30.1. The fraction of sp³-hybridized carbons (Fsp3) is 0.316. The van der Waals surface area contributed by atoms with E-state index in [0.717, 1.165) is 90.6 Å². The molecule has 3 aromatic heterocycles. The Balaban J connectivity index is 0.00000160. The van der Waals surface area contributed by atoms with Gasteiger partial charge >= 0.3 is 0 Å². The van der Waals surface area contributed by atoms with Crippen LogP contribution in [0, 0.1) is 12.7 Å². The predicted octanol–water partition coefficient (Wildman–Crippen LogP) is 4.49. The zero-order chi connectivity index (χ0) is 38.2. The lowest BCUT2D eigenvalue weighted by atomic mass is 9.88. The van der Waals surface area contributed by atoms with Crippen molar-refractivity contribution in [3.8, 4) is 16.9 Å². The normalized spacial score (nSPS) is 13.7. The molecule has 4 heterocycles. The molecule has 282 valence electrons. The first-order valence-electron chi connectivity index (χ1n) is 17.5. The second kappa shape index (κ2) is 17.7. The van der Waals surface area contributed by atoms with Gasteiger partial charge in [-0.2, -0.15) is 22.0 Å². The Kier molecular flexibility index (Phi) is 12.6. The van der Waals surface area contributed by atoms with Gasteiger partial charge in [-0.05, 0) is 74.0 Å². The average Bonchev–Trinajstić information content (AvgIpc) is 3.75. The molecule has 13 nitrogen and oxygen atoms in total. The Hall–Kier alpha value is -5.25. The van der Waals surface area contributed by atoms with Gasteiger partial charge in [-0.3, -0.25) is 24.0 Å². The van der Waals surface area contributed by atoms with Crippen LogP contribution < -0.4 is 21.3 Å². The summed E-state index contributed by atoms with van der Waals surface area (Å²) in [6.45, 7) is 6.65. The molecular formula is C38H42ClFN10O3S. The van der Waals surface area contributed by atoms with Gasteiger partial charge in [-0.1, -0.05) is 17.7 Å². The Morgan fingerprint density at radius 3 is 2.56 bits per heavy atom. The van der Waals surface area contributed by atoms with Crippen LogP contribution in [0.3, 0.4) is 0 Å². The summed E-state index contributed by atoms with van der Waals surface area (Å²) in [4.78, 5) is 43.4. The molecule has 0 radical (unpaired) electrons. The number of hydrogen-bond acceptors (Lipinski definition) is 9. The van der Waals surface area contributed by atoms with Gasteiger partial charge in [0.15, 0.2) is 0 Å². The van der Waals surface area contributed by atoms with Gasteiger partial charge in [0.2, 0.25) is 12.3 Å². The van der Waals surface area contributed by atoms with Crippen molar-refractivity contribution in [3.05, 3.63) is 106 Å². The number of fused-ring (bicyclic) bond motifs is 3.